The van der Waals surface area contributed by atoms with Gasteiger partial charge in [0.2, 0.25) is 5.82 Å². The Morgan fingerprint density at radius 1 is 1.04 bits per heavy atom. The number of nitrogens with one attached hydrogen (secondary N) is 1. The summed E-state index contributed by atoms with van der Waals surface area (Å²) in [5, 5.41) is 16.2. The first-order valence-electron chi connectivity index (χ1n) is 9.08. The van der Waals surface area contributed by atoms with Crippen LogP contribution in [-0.4, -0.2) is 48.9 Å². The van der Waals surface area contributed by atoms with Gasteiger partial charge in [0.25, 0.3) is 5.91 Å². The van der Waals surface area contributed by atoms with Gasteiger partial charge in [0.1, 0.15) is 5.82 Å². The van der Waals surface area contributed by atoms with Crippen LogP contribution < -0.4 is 0 Å². The molecule has 7 nitrogen and oxygen atoms in total. The van der Waals surface area contributed by atoms with Gasteiger partial charge >= 0.3 is 0 Å². The molecular formula is C17H22N6O. The topological polar surface area (TPSA) is 79.7 Å². The largest absolute Gasteiger partial charge is 0.335 e. The summed E-state index contributed by atoms with van der Waals surface area (Å²) in [5.41, 5.74) is 3.82. The molecule has 2 aromatic rings. The van der Waals surface area contributed by atoms with Crippen molar-refractivity contribution in [2.45, 2.75) is 57.4 Å². The van der Waals surface area contributed by atoms with Gasteiger partial charge < -0.3 is 9.47 Å². The number of amides is 1. The van der Waals surface area contributed by atoms with Crippen molar-refractivity contribution in [2.24, 2.45) is 0 Å². The molecular weight excluding hydrogens is 304 g/mol. The molecule has 24 heavy (non-hydrogen) atoms. The zero-order valence-corrected chi connectivity index (χ0v) is 13.8. The molecule has 1 fully saturated rings. The number of hydrogen-bond acceptors (Lipinski definition) is 4. The van der Waals surface area contributed by atoms with Crippen molar-refractivity contribution in [3.05, 3.63) is 28.6 Å². The van der Waals surface area contributed by atoms with Crippen molar-refractivity contribution in [2.75, 3.05) is 13.1 Å². The Labute approximate surface area is 140 Å². The average molecular weight is 326 g/mol. The van der Waals surface area contributed by atoms with Crippen LogP contribution in [0.1, 0.15) is 65.0 Å². The summed E-state index contributed by atoms with van der Waals surface area (Å²) in [6.45, 7) is 2.33. The molecule has 1 saturated carbocycles. The Morgan fingerprint density at radius 3 is 2.79 bits per heavy atom. The summed E-state index contributed by atoms with van der Waals surface area (Å²) in [7, 11) is 0. The molecule has 0 radical (unpaired) electrons. The lowest BCUT2D eigenvalue weighted by atomic mass is 10.1. The van der Waals surface area contributed by atoms with Crippen molar-refractivity contribution in [1.82, 2.24) is 29.9 Å². The molecule has 1 aliphatic carbocycles. The van der Waals surface area contributed by atoms with Crippen molar-refractivity contribution in [3.8, 4) is 0 Å². The van der Waals surface area contributed by atoms with E-state index in [1.165, 1.54) is 29.8 Å². The van der Waals surface area contributed by atoms with E-state index in [4.69, 9.17) is 0 Å². The first kappa shape index (κ1) is 14.2. The normalized spacial score (nSPS) is 20.4. The molecule has 0 saturated heterocycles. The summed E-state index contributed by atoms with van der Waals surface area (Å²) in [6, 6.07) is 0. The second-order valence-corrected chi connectivity index (χ2v) is 7.18. The van der Waals surface area contributed by atoms with Crippen LogP contribution in [0.25, 0.3) is 0 Å². The fourth-order valence-electron chi connectivity index (χ4n) is 4.01. The summed E-state index contributed by atoms with van der Waals surface area (Å²) in [6.07, 6.45) is 7.43. The monoisotopic (exact) mass is 326 g/mol. The van der Waals surface area contributed by atoms with Gasteiger partial charge in [-0.25, -0.2) is 0 Å². The molecule has 2 aliphatic heterocycles. The zero-order chi connectivity index (χ0) is 16.1. The van der Waals surface area contributed by atoms with E-state index in [1.807, 2.05) is 9.47 Å². The van der Waals surface area contributed by atoms with E-state index < -0.39 is 0 Å². The molecule has 0 unspecified atom stereocenters. The molecule has 4 heterocycles. The van der Waals surface area contributed by atoms with Crippen molar-refractivity contribution >= 4 is 5.91 Å². The highest BCUT2D eigenvalue weighted by Gasteiger charge is 2.32. The van der Waals surface area contributed by atoms with Crippen molar-refractivity contribution in [1.29, 1.82) is 0 Å². The van der Waals surface area contributed by atoms with Gasteiger partial charge in [-0.15, -0.1) is 10.2 Å². The van der Waals surface area contributed by atoms with Crippen LogP contribution in [0.5, 0.6) is 0 Å². The fraction of sp³-hybridized carbons (Fsp3) is 0.647. The van der Waals surface area contributed by atoms with E-state index in [1.54, 1.807) is 0 Å². The maximum Gasteiger partial charge on any atom is 0.291 e. The number of aromatic amines is 1. The van der Waals surface area contributed by atoms with Crippen LogP contribution in [0, 0.1) is 0 Å². The van der Waals surface area contributed by atoms with Crippen molar-refractivity contribution in [3.63, 3.8) is 0 Å². The van der Waals surface area contributed by atoms with Crippen LogP contribution in [-0.2, 0) is 25.8 Å². The third kappa shape index (κ3) is 2.25. The number of carbonyl (C=O) groups is 1. The van der Waals surface area contributed by atoms with Gasteiger partial charge in [0.15, 0.2) is 0 Å². The summed E-state index contributed by atoms with van der Waals surface area (Å²) in [5.74, 6) is 2.16. The molecule has 0 spiro atoms. The third-order valence-electron chi connectivity index (χ3n) is 5.55. The lowest BCUT2D eigenvalue weighted by Gasteiger charge is -2.21. The molecule has 7 heteroatoms. The number of carbonyl (C=O) groups excluding carboxylic acids is 1. The Bertz CT molecular complexity index is 787. The minimum atomic E-state index is 0.0294. The highest BCUT2D eigenvalue weighted by atomic mass is 16.2. The molecule has 126 valence electrons. The molecule has 5 rings (SSSR count). The SMILES string of the molecule is O=C(c1nnc2n1CCCC2)N1CCc2[nH]nc(C3CC3)c2CC1. The number of nitrogens with zero attached hydrogens (tertiary/aromatic N) is 5. The van der Waals surface area contributed by atoms with E-state index in [9.17, 15) is 4.79 Å². The van der Waals surface area contributed by atoms with Crippen molar-refractivity contribution < 1.29 is 4.79 Å². The van der Waals surface area contributed by atoms with Crippen LogP contribution >= 0.6 is 0 Å². The van der Waals surface area contributed by atoms with Gasteiger partial charge in [0.05, 0.1) is 5.69 Å². The van der Waals surface area contributed by atoms with Crippen LogP contribution in [0.4, 0.5) is 0 Å². The molecule has 1 N–H and O–H groups in total. The van der Waals surface area contributed by atoms with E-state index in [2.05, 4.69) is 20.4 Å². The lowest BCUT2D eigenvalue weighted by Crippen LogP contribution is -2.35. The molecule has 0 aromatic carbocycles. The number of H-pyrrole nitrogens is 1. The van der Waals surface area contributed by atoms with E-state index in [-0.39, 0.29) is 5.91 Å². The number of rotatable bonds is 2. The number of fused-ring (bicyclic) bond motifs is 2. The fourth-order valence-corrected chi connectivity index (χ4v) is 4.01. The standard InChI is InChI=1S/C17H22N6O/c24-17(16-21-19-14-3-1-2-8-23(14)16)22-9-6-12-13(7-10-22)18-20-15(12)11-4-5-11/h11H,1-10H2,(H,18,20). The quantitative estimate of drug-likeness (QED) is 0.906. The number of hydrogen-bond donors (Lipinski definition) is 1. The minimum absolute atomic E-state index is 0.0294. The Hall–Kier alpha value is -2.18. The highest BCUT2D eigenvalue weighted by molar-refractivity contribution is 5.90. The summed E-state index contributed by atoms with van der Waals surface area (Å²) < 4.78 is 2.02. The second-order valence-electron chi connectivity index (χ2n) is 7.18. The smallest absolute Gasteiger partial charge is 0.291 e. The molecule has 3 aliphatic rings. The second kappa shape index (κ2) is 5.43. The minimum Gasteiger partial charge on any atom is -0.335 e. The first-order valence-corrected chi connectivity index (χ1v) is 9.08. The third-order valence-corrected chi connectivity index (χ3v) is 5.55. The van der Waals surface area contributed by atoms with Gasteiger partial charge in [-0.3, -0.25) is 9.89 Å². The number of aromatic nitrogens is 5. The number of aryl methyl sites for hydroxylation is 1. The Kier molecular flexibility index (Phi) is 3.21. The summed E-state index contributed by atoms with van der Waals surface area (Å²) >= 11 is 0. The maximum atomic E-state index is 13.0. The Morgan fingerprint density at radius 2 is 1.92 bits per heavy atom. The van der Waals surface area contributed by atoms with E-state index in [0.717, 1.165) is 57.6 Å². The Balaban J connectivity index is 1.37. The van der Waals surface area contributed by atoms with Gasteiger partial charge in [-0.1, -0.05) is 0 Å². The highest BCUT2D eigenvalue weighted by Crippen LogP contribution is 2.41. The van der Waals surface area contributed by atoms with Gasteiger partial charge in [0, 0.05) is 44.1 Å². The predicted octanol–water partition coefficient (Wildman–Crippen LogP) is 1.46. The molecule has 0 atom stereocenters. The lowest BCUT2D eigenvalue weighted by molar-refractivity contribution is 0.0743. The van der Waals surface area contributed by atoms with Crippen LogP contribution in [0.15, 0.2) is 0 Å². The molecule has 0 bridgehead atoms. The molecule has 2 aromatic heterocycles. The first-order chi connectivity index (χ1) is 11.8. The zero-order valence-electron chi connectivity index (χ0n) is 13.8. The molecule has 1 amide bonds. The summed E-state index contributed by atoms with van der Waals surface area (Å²) in [4.78, 5) is 14.9. The van der Waals surface area contributed by atoms with Gasteiger partial charge in [-0.2, -0.15) is 5.10 Å². The maximum absolute atomic E-state index is 13.0. The predicted molar refractivity (Wildman–Crippen MR) is 86.8 cm³/mol. The average Bonchev–Trinajstić information content (AvgIpc) is 3.30. The van der Waals surface area contributed by atoms with Gasteiger partial charge in [-0.05, 0) is 37.7 Å². The van der Waals surface area contributed by atoms with Crippen LogP contribution in [0.2, 0.25) is 0 Å². The van der Waals surface area contributed by atoms with E-state index >= 15 is 0 Å². The van der Waals surface area contributed by atoms with Crippen LogP contribution in [0.3, 0.4) is 0 Å². The van der Waals surface area contributed by atoms with E-state index in [0.29, 0.717) is 11.7 Å².